The van der Waals surface area contributed by atoms with Crippen molar-refractivity contribution in [1.29, 1.82) is 0 Å². The molecule has 1 aromatic carbocycles. The Balaban J connectivity index is 1.70. The van der Waals surface area contributed by atoms with E-state index in [4.69, 9.17) is 5.73 Å². The quantitative estimate of drug-likeness (QED) is 0.801. The van der Waals surface area contributed by atoms with E-state index in [2.05, 4.69) is 17.4 Å². The summed E-state index contributed by atoms with van der Waals surface area (Å²) in [6.07, 6.45) is 4.56. The molecule has 0 aliphatic carbocycles. The van der Waals surface area contributed by atoms with Crippen molar-refractivity contribution in [2.24, 2.45) is 5.73 Å². The topological polar surface area (TPSA) is 75.4 Å². The van der Waals surface area contributed by atoms with Crippen molar-refractivity contribution in [2.75, 3.05) is 13.1 Å². The fourth-order valence-electron chi connectivity index (χ4n) is 3.08. The molecule has 1 unspecified atom stereocenters. The van der Waals surface area contributed by atoms with Crippen molar-refractivity contribution in [3.05, 3.63) is 35.9 Å². The smallest absolute Gasteiger partial charge is 0.237 e. The highest BCUT2D eigenvalue weighted by Gasteiger charge is 2.24. The highest BCUT2D eigenvalue weighted by atomic mass is 16.2. The molecule has 1 fully saturated rings. The molecule has 24 heavy (non-hydrogen) atoms. The number of benzene rings is 1. The fraction of sp³-hybridized carbons (Fsp3) is 0.579. The van der Waals surface area contributed by atoms with Gasteiger partial charge in [-0.25, -0.2) is 0 Å². The van der Waals surface area contributed by atoms with Gasteiger partial charge in [-0.2, -0.15) is 0 Å². The van der Waals surface area contributed by atoms with E-state index in [1.165, 1.54) is 5.56 Å². The number of hydrogen-bond donors (Lipinski definition) is 2. The van der Waals surface area contributed by atoms with E-state index in [-0.39, 0.29) is 17.9 Å². The van der Waals surface area contributed by atoms with E-state index in [1.54, 1.807) is 0 Å². The minimum atomic E-state index is -0.416. The van der Waals surface area contributed by atoms with Gasteiger partial charge in [0.15, 0.2) is 0 Å². The Morgan fingerprint density at radius 2 is 1.92 bits per heavy atom. The average molecular weight is 331 g/mol. The molecule has 5 heteroatoms. The van der Waals surface area contributed by atoms with Crippen LogP contribution in [0.3, 0.4) is 0 Å². The van der Waals surface area contributed by atoms with Gasteiger partial charge in [0.05, 0.1) is 6.04 Å². The Morgan fingerprint density at radius 1 is 1.25 bits per heavy atom. The first kappa shape index (κ1) is 18.5. The molecule has 132 valence electrons. The standard InChI is InChI=1S/C19H29N3O2/c1-2-6-17(20)19(24)21-16-11-13-22(14-12-16)18(23)10-9-15-7-4-3-5-8-15/h3-5,7-8,16-17H,2,6,9-14,20H2,1H3,(H,21,24). The summed E-state index contributed by atoms with van der Waals surface area (Å²) >= 11 is 0. The minimum Gasteiger partial charge on any atom is -0.352 e. The van der Waals surface area contributed by atoms with Crippen molar-refractivity contribution in [1.82, 2.24) is 10.2 Å². The lowest BCUT2D eigenvalue weighted by atomic mass is 10.0. The molecular formula is C19H29N3O2. The Hall–Kier alpha value is -1.88. The molecule has 5 nitrogen and oxygen atoms in total. The largest absolute Gasteiger partial charge is 0.352 e. The van der Waals surface area contributed by atoms with Crippen LogP contribution in [0.15, 0.2) is 30.3 Å². The molecule has 1 aromatic rings. The first-order valence-electron chi connectivity index (χ1n) is 8.97. The van der Waals surface area contributed by atoms with Gasteiger partial charge in [0.1, 0.15) is 0 Å². The van der Waals surface area contributed by atoms with Gasteiger partial charge in [-0.3, -0.25) is 9.59 Å². The van der Waals surface area contributed by atoms with Crippen LogP contribution in [-0.2, 0) is 16.0 Å². The number of nitrogens with zero attached hydrogens (tertiary/aromatic N) is 1. The second-order valence-corrected chi connectivity index (χ2v) is 6.54. The lowest BCUT2D eigenvalue weighted by molar-refractivity contribution is -0.132. The molecule has 0 saturated carbocycles. The van der Waals surface area contributed by atoms with Gasteiger partial charge < -0.3 is 16.0 Å². The zero-order chi connectivity index (χ0) is 17.4. The van der Waals surface area contributed by atoms with Crippen molar-refractivity contribution in [2.45, 2.75) is 57.5 Å². The number of rotatable bonds is 7. The summed E-state index contributed by atoms with van der Waals surface area (Å²) in [5, 5.41) is 3.02. The molecule has 2 amide bonds. The summed E-state index contributed by atoms with van der Waals surface area (Å²) in [6, 6.07) is 9.80. The molecule has 1 aliphatic rings. The van der Waals surface area contributed by atoms with E-state index < -0.39 is 6.04 Å². The van der Waals surface area contributed by atoms with Gasteiger partial charge in [-0.1, -0.05) is 43.7 Å². The van der Waals surface area contributed by atoms with Crippen molar-refractivity contribution < 1.29 is 9.59 Å². The first-order valence-corrected chi connectivity index (χ1v) is 8.97. The molecule has 1 aliphatic heterocycles. The highest BCUT2D eigenvalue weighted by Crippen LogP contribution is 2.13. The van der Waals surface area contributed by atoms with Crippen LogP contribution in [0.5, 0.6) is 0 Å². The van der Waals surface area contributed by atoms with E-state index in [0.29, 0.717) is 25.9 Å². The van der Waals surface area contributed by atoms with Gasteiger partial charge in [-0.05, 0) is 31.2 Å². The summed E-state index contributed by atoms with van der Waals surface area (Å²) in [5.74, 6) is 0.136. The number of amides is 2. The number of carbonyl (C=O) groups excluding carboxylic acids is 2. The number of nitrogens with two attached hydrogens (primary N) is 1. The lowest BCUT2D eigenvalue weighted by Gasteiger charge is -2.33. The average Bonchev–Trinajstić information content (AvgIpc) is 2.61. The van der Waals surface area contributed by atoms with Gasteiger partial charge in [0.2, 0.25) is 11.8 Å². The first-order chi connectivity index (χ1) is 11.6. The van der Waals surface area contributed by atoms with Crippen LogP contribution in [0.25, 0.3) is 0 Å². The monoisotopic (exact) mass is 331 g/mol. The summed E-state index contributed by atoms with van der Waals surface area (Å²) in [7, 11) is 0. The van der Waals surface area contributed by atoms with Crippen molar-refractivity contribution in [3.63, 3.8) is 0 Å². The van der Waals surface area contributed by atoms with Crippen molar-refractivity contribution in [3.8, 4) is 0 Å². The number of carbonyl (C=O) groups is 2. The van der Waals surface area contributed by atoms with Gasteiger partial charge in [-0.15, -0.1) is 0 Å². The maximum atomic E-state index is 12.3. The molecule has 0 aromatic heterocycles. The highest BCUT2D eigenvalue weighted by molar-refractivity contribution is 5.81. The van der Waals surface area contributed by atoms with Crippen molar-refractivity contribution >= 4 is 11.8 Å². The summed E-state index contributed by atoms with van der Waals surface area (Å²) in [4.78, 5) is 26.2. The Morgan fingerprint density at radius 3 is 2.54 bits per heavy atom. The predicted octanol–water partition coefficient (Wildman–Crippen LogP) is 1.85. The maximum absolute atomic E-state index is 12.3. The SMILES string of the molecule is CCCC(N)C(=O)NC1CCN(C(=O)CCc2ccccc2)CC1. The van der Waals surface area contributed by atoms with Gasteiger partial charge >= 0.3 is 0 Å². The minimum absolute atomic E-state index is 0.0642. The Labute approximate surface area is 144 Å². The number of nitrogens with one attached hydrogen (secondary N) is 1. The van der Waals surface area contributed by atoms with Crippen LogP contribution in [0, 0.1) is 0 Å². The number of likely N-dealkylation sites (tertiary alicyclic amines) is 1. The second kappa shape index (κ2) is 9.42. The van der Waals surface area contributed by atoms with Gasteiger partial charge in [0, 0.05) is 25.6 Å². The number of hydrogen-bond acceptors (Lipinski definition) is 3. The molecule has 3 N–H and O–H groups in total. The molecule has 0 spiro atoms. The lowest BCUT2D eigenvalue weighted by Crippen LogP contribution is -2.50. The van der Waals surface area contributed by atoms with E-state index in [1.807, 2.05) is 30.0 Å². The third-order valence-electron chi connectivity index (χ3n) is 4.60. The molecule has 1 saturated heterocycles. The van der Waals surface area contributed by atoms with Gasteiger partial charge in [0.25, 0.3) is 0 Å². The predicted molar refractivity (Wildman–Crippen MR) is 95.4 cm³/mol. The van der Waals surface area contributed by atoms with Crippen LogP contribution >= 0.6 is 0 Å². The number of piperidine rings is 1. The summed E-state index contributed by atoms with van der Waals surface area (Å²) in [6.45, 7) is 3.44. The number of aryl methyl sites for hydroxylation is 1. The van der Waals surface area contributed by atoms with Crippen LogP contribution in [-0.4, -0.2) is 41.9 Å². The van der Waals surface area contributed by atoms with E-state index in [0.717, 1.165) is 25.7 Å². The molecular weight excluding hydrogens is 302 g/mol. The molecule has 0 bridgehead atoms. The van der Waals surface area contributed by atoms with E-state index >= 15 is 0 Å². The third kappa shape index (κ3) is 5.64. The van der Waals surface area contributed by atoms with E-state index in [9.17, 15) is 9.59 Å². The molecule has 1 atom stereocenters. The summed E-state index contributed by atoms with van der Waals surface area (Å²) < 4.78 is 0. The maximum Gasteiger partial charge on any atom is 0.237 e. The normalized spacial score (nSPS) is 16.7. The molecule has 1 heterocycles. The van der Waals surface area contributed by atoms with Crippen LogP contribution in [0.1, 0.15) is 44.6 Å². The third-order valence-corrected chi connectivity index (χ3v) is 4.60. The Bertz CT molecular complexity index is 525. The Kier molecular flexibility index (Phi) is 7.25. The molecule has 0 radical (unpaired) electrons. The zero-order valence-electron chi connectivity index (χ0n) is 14.5. The zero-order valence-corrected chi connectivity index (χ0v) is 14.5. The summed E-state index contributed by atoms with van der Waals surface area (Å²) in [5.41, 5.74) is 7.03. The van der Waals surface area contributed by atoms with Crippen LogP contribution in [0.4, 0.5) is 0 Å². The van der Waals surface area contributed by atoms with Crippen LogP contribution < -0.4 is 11.1 Å². The fourth-order valence-corrected chi connectivity index (χ4v) is 3.08. The second-order valence-electron chi connectivity index (χ2n) is 6.54. The molecule has 2 rings (SSSR count). The van der Waals surface area contributed by atoms with Crippen LogP contribution in [0.2, 0.25) is 0 Å².